The van der Waals surface area contributed by atoms with Crippen molar-refractivity contribution in [3.8, 4) is 0 Å². The lowest BCUT2D eigenvalue weighted by Gasteiger charge is -2.05. The third kappa shape index (κ3) is 7.23. The van der Waals surface area contributed by atoms with Crippen molar-refractivity contribution in [1.82, 2.24) is 5.32 Å². The van der Waals surface area contributed by atoms with E-state index in [-0.39, 0.29) is 6.09 Å². The second-order valence-corrected chi connectivity index (χ2v) is 3.81. The van der Waals surface area contributed by atoms with E-state index in [1.54, 1.807) is 0 Å². The maximum atomic E-state index is 11.1. The summed E-state index contributed by atoms with van der Waals surface area (Å²) in [6.45, 7) is 8.81. The lowest BCUT2D eigenvalue weighted by molar-refractivity contribution is 0.143. The van der Waals surface area contributed by atoms with Gasteiger partial charge in [0, 0.05) is 6.04 Å². The lowest BCUT2D eigenvalue weighted by atomic mass is 10.3. The summed E-state index contributed by atoms with van der Waals surface area (Å²) in [5.74, 6) is 0.642. The molecule has 0 aromatic carbocycles. The maximum Gasteiger partial charge on any atom is 0.407 e. The second kappa shape index (κ2) is 8.57. The van der Waals surface area contributed by atoms with Gasteiger partial charge in [-0.25, -0.2) is 4.79 Å². The maximum absolute atomic E-state index is 11.1. The molecular formula is C12H25NO2. The van der Waals surface area contributed by atoms with Crippen LogP contribution in [0.1, 0.15) is 53.4 Å². The molecule has 0 aromatic rings. The first-order valence-electron chi connectivity index (χ1n) is 6.17. The highest BCUT2D eigenvalue weighted by molar-refractivity contribution is 5.68. The molecule has 1 aliphatic rings. The number of carbonyl (C=O) groups is 1. The molecule has 3 heteroatoms. The first-order chi connectivity index (χ1) is 7.24. The highest BCUT2D eigenvalue weighted by Gasteiger charge is 2.34. The minimum Gasteiger partial charge on any atom is -0.450 e. The summed E-state index contributed by atoms with van der Waals surface area (Å²) < 4.78 is 4.99. The summed E-state index contributed by atoms with van der Waals surface area (Å²) in [5, 5.41) is 2.82. The smallest absolute Gasteiger partial charge is 0.407 e. The van der Waals surface area contributed by atoms with Gasteiger partial charge >= 0.3 is 6.09 Å². The summed E-state index contributed by atoms with van der Waals surface area (Å²) in [7, 11) is 0. The van der Waals surface area contributed by atoms with Gasteiger partial charge in [0.1, 0.15) is 0 Å². The molecule has 1 amide bonds. The number of rotatable bonds is 5. The van der Waals surface area contributed by atoms with Crippen LogP contribution in [-0.4, -0.2) is 18.7 Å². The summed E-state index contributed by atoms with van der Waals surface area (Å²) >= 11 is 0. The van der Waals surface area contributed by atoms with Crippen LogP contribution in [0.4, 0.5) is 4.79 Å². The van der Waals surface area contributed by atoms with E-state index >= 15 is 0 Å². The summed E-state index contributed by atoms with van der Waals surface area (Å²) in [6, 6.07) is 0.374. The van der Waals surface area contributed by atoms with Gasteiger partial charge in [0.15, 0.2) is 0 Å². The molecule has 0 aromatic heterocycles. The van der Waals surface area contributed by atoms with Crippen LogP contribution < -0.4 is 5.32 Å². The first kappa shape index (κ1) is 14.3. The summed E-state index contributed by atoms with van der Waals surface area (Å²) in [6.07, 6.45) is 4.12. The monoisotopic (exact) mass is 215 g/mol. The fourth-order valence-electron chi connectivity index (χ4n) is 1.23. The van der Waals surface area contributed by atoms with Crippen molar-refractivity contribution in [2.24, 2.45) is 5.92 Å². The van der Waals surface area contributed by atoms with Crippen LogP contribution in [0, 0.1) is 5.92 Å². The van der Waals surface area contributed by atoms with E-state index in [1.807, 2.05) is 13.8 Å². The fraction of sp³-hybridized carbons (Fsp3) is 0.917. The van der Waals surface area contributed by atoms with Gasteiger partial charge < -0.3 is 10.1 Å². The molecule has 0 radical (unpaired) electrons. The van der Waals surface area contributed by atoms with Crippen LogP contribution in [0.5, 0.6) is 0 Å². The van der Waals surface area contributed by atoms with Crippen LogP contribution in [-0.2, 0) is 4.74 Å². The van der Waals surface area contributed by atoms with Crippen LogP contribution in [0.3, 0.4) is 0 Å². The minimum absolute atomic E-state index is 0.245. The molecule has 1 saturated carbocycles. The zero-order valence-electron chi connectivity index (χ0n) is 10.5. The topological polar surface area (TPSA) is 38.3 Å². The Morgan fingerprint density at radius 1 is 1.40 bits per heavy atom. The second-order valence-electron chi connectivity index (χ2n) is 3.81. The third-order valence-corrected chi connectivity index (χ3v) is 2.39. The SMILES string of the molecule is CC.CCCCCOC(=O)NC1CC1C. The van der Waals surface area contributed by atoms with Gasteiger partial charge in [0.25, 0.3) is 0 Å². The first-order valence-corrected chi connectivity index (χ1v) is 6.17. The minimum atomic E-state index is -0.245. The Bertz CT molecular complexity index is 171. The van der Waals surface area contributed by atoms with Gasteiger partial charge in [0.05, 0.1) is 6.61 Å². The van der Waals surface area contributed by atoms with Crippen molar-refractivity contribution in [3.05, 3.63) is 0 Å². The van der Waals surface area contributed by atoms with Crippen molar-refractivity contribution in [2.45, 2.75) is 59.4 Å². The van der Waals surface area contributed by atoms with Crippen molar-refractivity contribution in [3.63, 3.8) is 0 Å². The molecule has 1 fully saturated rings. The highest BCUT2D eigenvalue weighted by atomic mass is 16.5. The van der Waals surface area contributed by atoms with Gasteiger partial charge in [-0.1, -0.05) is 40.5 Å². The number of alkyl carbamates (subject to hydrolysis) is 1. The Labute approximate surface area is 93.6 Å². The lowest BCUT2D eigenvalue weighted by Crippen LogP contribution is -2.27. The molecule has 90 valence electrons. The van der Waals surface area contributed by atoms with Crippen LogP contribution in [0.25, 0.3) is 0 Å². The molecular weight excluding hydrogens is 190 g/mol. The van der Waals surface area contributed by atoms with E-state index < -0.39 is 0 Å². The van der Waals surface area contributed by atoms with Gasteiger partial charge in [0.2, 0.25) is 0 Å². The molecule has 2 unspecified atom stereocenters. The van der Waals surface area contributed by atoms with E-state index in [0.717, 1.165) is 25.7 Å². The number of nitrogens with one attached hydrogen (secondary N) is 1. The van der Waals surface area contributed by atoms with Crippen LogP contribution >= 0.6 is 0 Å². The molecule has 0 aliphatic heterocycles. The van der Waals surface area contributed by atoms with Crippen LogP contribution in [0.2, 0.25) is 0 Å². The largest absolute Gasteiger partial charge is 0.450 e. The standard InChI is InChI=1S/C10H19NO2.C2H6/c1-3-4-5-6-13-10(12)11-9-7-8(9)2;1-2/h8-9H,3-7H2,1-2H3,(H,11,12);1-2H3. The normalized spacial score (nSPS) is 22.4. The van der Waals surface area contributed by atoms with E-state index in [9.17, 15) is 4.79 Å². The fourth-order valence-corrected chi connectivity index (χ4v) is 1.23. The van der Waals surface area contributed by atoms with Gasteiger partial charge in [-0.3, -0.25) is 0 Å². The summed E-state index contributed by atoms with van der Waals surface area (Å²) in [4.78, 5) is 11.1. The number of hydrogen-bond acceptors (Lipinski definition) is 2. The Kier molecular flexibility index (Phi) is 8.15. The number of amides is 1. The molecule has 15 heavy (non-hydrogen) atoms. The van der Waals surface area contributed by atoms with Crippen molar-refractivity contribution < 1.29 is 9.53 Å². The molecule has 0 saturated heterocycles. The molecule has 3 nitrogen and oxygen atoms in total. The molecule has 2 atom stereocenters. The quantitative estimate of drug-likeness (QED) is 0.714. The molecule has 1 N–H and O–H groups in total. The van der Waals surface area contributed by atoms with Crippen molar-refractivity contribution in [2.75, 3.05) is 6.61 Å². The van der Waals surface area contributed by atoms with Crippen LogP contribution in [0.15, 0.2) is 0 Å². The summed E-state index contributed by atoms with van der Waals surface area (Å²) in [5.41, 5.74) is 0. The Hall–Kier alpha value is -0.730. The zero-order chi connectivity index (χ0) is 11.7. The molecule has 0 heterocycles. The predicted octanol–water partition coefficient (Wildman–Crippen LogP) is 3.34. The number of ether oxygens (including phenoxy) is 1. The average Bonchev–Trinajstić information content (AvgIpc) is 2.92. The zero-order valence-corrected chi connectivity index (χ0v) is 10.5. The van der Waals surface area contributed by atoms with Gasteiger partial charge in [-0.2, -0.15) is 0 Å². The predicted molar refractivity (Wildman–Crippen MR) is 62.9 cm³/mol. The molecule has 1 rings (SSSR count). The van der Waals surface area contributed by atoms with Gasteiger partial charge in [-0.05, 0) is 18.8 Å². The number of carbonyl (C=O) groups excluding carboxylic acids is 1. The van der Waals surface area contributed by atoms with E-state index in [1.165, 1.54) is 0 Å². The highest BCUT2D eigenvalue weighted by Crippen LogP contribution is 2.28. The molecule has 0 spiro atoms. The number of unbranched alkanes of at least 4 members (excludes halogenated alkanes) is 2. The molecule has 1 aliphatic carbocycles. The molecule has 0 bridgehead atoms. The third-order valence-electron chi connectivity index (χ3n) is 2.39. The Morgan fingerprint density at radius 3 is 2.47 bits per heavy atom. The van der Waals surface area contributed by atoms with Gasteiger partial charge in [-0.15, -0.1) is 0 Å². The van der Waals surface area contributed by atoms with Crippen molar-refractivity contribution in [1.29, 1.82) is 0 Å². The van der Waals surface area contributed by atoms with E-state index in [4.69, 9.17) is 4.74 Å². The Morgan fingerprint density at radius 2 is 2.00 bits per heavy atom. The van der Waals surface area contributed by atoms with E-state index in [0.29, 0.717) is 18.6 Å². The Balaban J connectivity index is 0.000000921. The number of hydrogen-bond donors (Lipinski definition) is 1. The average molecular weight is 215 g/mol. The van der Waals surface area contributed by atoms with E-state index in [2.05, 4.69) is 19.2 Å². The van der Waals surface area contributed by atoms with Crippen molar-refractivity contribution >= 4 is 6.09 Å².